The van der Waals surface area contributed by atoms with Gasteiger partial charge in [-0.1, -0.05) is 27.2 Å². The molecule has 2 aliphatic heterocycles. The molecule has 1 aromatic rings. The van der Waals surface area contributed by atoms with Gasteiger partial charge in [0.2, 0.25) is 11.8 Å². The van der Waals surface area contributed by atoms with Crippen LogP contribution in [0.1, 0.15) is 58.0 Å². The third-order valence-corrected chi connectivity index (χ3v) is 6.54. The maximum atomic E-state index is 12.8. The van der Waals surface area contributed by atoms with Crippen molar-refractivity contribution in [2.45, 2.75) is 65.3 Å². The second kappa shape index (κ2) is 10.4. The van der Waals surface area contributed by atoms with Crippen LogP contribution in [0.3, 0.4) is 0 Å². The summed E-state index contributed by atoms with van der Waals surface area (Å²) in [5, 5.41) is 3.30. The smallest absolute Gasteiger partial charge is 0.242 e. The molecule has 0 saturated carbocycles. The van der Waals surface area contributed by atoms with E-state index < -0.39 is 0 Å². The second-order valence-electron chi connectivity index (χ2n) is 9.40. The average Bonchev–Trinajstić information content (AvgIpc) is 3.05. The SMILES string of the molecule is CCCc1cnc(CC2CCN(C(=O)CN3CCNC(CC(C)C)C3=O)CC2)n1C. The van der Waals surface area contributed by atoms with Gasteiger partial charge in [-0.05, 0) is 37.5 Å². The van der Waals surface area contributed by atoms with Crippen molar-refractivity contribution in [3.63, 3.8) is 0 Å². The van der Waals surface area contributed by atoms with Crippen molar-refractivity contribution < 1.29 is 9.59 Å². The van der Waals surface area contributed by atoms with E-state index in [1.807, 2.05) is 11.1 Å². The van der Waals surface area contributed by atoms with Crippen LogP contribution in [0.4, 0.5) is 0 Å². The van der Waals surface area contributed by atoms with Crippen LogP contribution >= 0.6 is 0 Å². The molecule has 7 nitrogen and oxygen atoms in total. The lowest BCUT2D eigenvalue weighted by atomic mass is 9.93. The molecular weight excluding hydrogens is 378 g/mol. The molecule has 0 spiro atoms. The van der Waals surface area contributed by atoms with Crippen LogP contribution in [0, 0.1) is 11.8 Å². The first-order valence-electron chi connectivity index (χ1n) is 11.7. The van der Waals surface area contributed by atoms with Crippen molar-refractivity contribution in [1.82, 2.24) is 24.7 Å². The highest BCUT2D eigenvalue weighted by Crippen LogP contribution is 2.22. The number of hydrogen-bond donors (Lipinski definition) is 1. The molecule has 3 heterocycles. The number of piperazine rings is 1. The summed E-state index contributed by atoms with van der Waals surface area (Å²) in [6.07, 6.45) is 8.03. The monoisotopic (exact) mass is 417 g/mol. The fraction of sp³-hybridized carbons (Fsp3) is 0.783. The molecule has 0 bridgehead atoms. The van der Waals surface area contributed by atoms with Gasteiger partial charge in [-0.3, -0.25) is 9.59 Å². The van der Waals surface area contributed by atoms with Gasteiger partial charge in [0.15, 0.2) is 0 Å². The number of rotatable bonds is 8. The van der Waals surface area contributed by atoms with E-state index in [-0.39, 0.29) is 24.4 Å². The van der Waals surface area contributed by atoms with Crippen LogP contribution in [0.25, 0.3) is 0 Å². The quantitative estimate of drug-likeness (QED) is 0.702. The van der Waals surface area contributed by atoms with Gasteiger partial charge < -0.3 is 19.7 Å². The molecule has 30 heavy (non-hydrogen) atoms. The van der Waals surface area contributed by atoms with Crippen LogP contribution in [0.5, 0.6) is 0 Å². The number of aryl methyl sites for hydroxylation is 1. The molecule has 7 heteroatoms. The number of carbonyl (C=O) groups is 2. The largest absolute Gasteiger partial charge is 0.341 e. The van der Waals surface area contributed by atoms with Crippen molar-refractivity contribution in [2.75, 3.05) is 32.7 Å². The Hall–Kier alpha value is -1.89. The maximum Gasteiger partial charge on any atom is 0.242 e. The molecule has 168 valence electrons. The van der Waals surface area contributed by atoms with Gasteiger partial charge in [0.25, 0.3) is 0 Å². The fourth-order valence-corrected chi connectivity index (χ4v) is 4.68. The topological polar surface area (TPSA) is 70.5 Å². The van der Waals surface area contributed by atoms with Gasteiger partial charge in [-0.2, -0.15) is 0 Å². The summed E-state index contributed by atoms with van der Waals surface area (Å²) in [6.45, 7) is 9.61. The zero-order valence-electron chi connectivity index (χ0n) is 19.2. The van der Waals surface area contributed by atoms with Gasteiger partial charge in [0.1, 0.15) is 5.82 Å². The van der Waals surface area contributed by atoms with E-state index in [2.05, 4.69) is 42.7 Å². The Morgan fingerprint density at radius 2 is 2.00 bits per heavy atom. The van der Waals surface area contributed by atoms with Gasteiger partial charge in [0.05, 0.1) is 12.6 Å². The predicted molar refractivity (Wildman–Crippen MR) is 118 cm³/mol. The molecule has 1 N–H and O–H groups in total. The molecule has 2 aliphatic rings. The minimum absolute atomic E-state index is 0.0795. The van der Waals surface area contributed by atoms with Crippen LogP contribution in [0.15, 0.2) is 6.20 Å². The summed E-state index contributed by atoms with van der Waals surface area (Å²) in [5.74, 6) is 2.36. The normalized spacial score (nSPS) is 21.0. The fourth-order valence-electron chi connectivity index (χ4n) is 4.68. The number of amides is 2. The Labute approximate surface area is 181 Å². The Morgan fingerprint density at radius 1 is 1.27 bits per heavy atom. The van der Waals surface area contributed by atoms with E-state index in [1.54, 1.807) is 4.90 Å². The van der Waals surface area contributed by atoms with Crippen molar-refractivity contribution in [3.05, 3.63) is 17.7 Å². The van der Waals surface area contributed by atoms with Gasteiger partial charge in [-0.15, -0.1) is 0 Å². The zero-order valence-corrected chi connectivity index (χ0v) is 19.2. The second-order valence-corrected chi connectivity index (χ2v) is 9.40. The van der Waals surface area contributed by atoms with Crippen molar-refractivity contribution >= 4 is 11.8 Å². The number of hydrogen-bond acceptors (Lipinski definition) is 4. The van der Waals surface area contributed by atoms with E-state index in [1.165, 1.54) is 5.69 Å². The van der Waals surface area contributed by atoms with E-state index in [0.717, 1.165) is 64.0 Å². The molecule has 1 atom stereocenters. The molecule has 1 unspecified atom stereocenters. The first-order chi connectivity index (χ1) is 14.4. The third-order valence-electron chi connectivity index (χ3n) is 6.54. The molecule has 0 aromatic carbocycles. The summed E-state index contributed by atoms with van der Waals surface area (Å²) < 4.78 is 2.24. The van der Waals surface area contributed by atoms with Crippen LogP contribution in [0.2, 0.25) is 0 Å². The molecule has 0 aliphatic carbocycles. The Morgan fingerprint density at radius 3 is 2.67 bits per heavy atom. The Balaban J connectivity index is 1.46. The van der Waals surface area contributed by atoms with Crippen molar-refractivity contribution in [3.8, 4) is 0 Å². The Bertz CT molecular complexity index is 721. The van der Waals surface area contributed by atoms with E-state index in [4.69, 9.17) is 0 Å². The third kappa shape index (κ3) is 5.62. The summed E-state index contributed by atoms with van der Waals surface area (Å²) >= 11 is 0. The van der Waals surface area contributed by atoms with Crippen molar-refractivity contribution in [2.24, 2.45) is 18.9 Å². The Kier molecular flexibility index (Phi) is 7.92. The predicted octanol–water partition coefficient (Wildman–Crippen LogP) is 2.00. The summed E-state index contributed by atoms with van der Waals surface area (Å²) in [4.78, 5) is 33.9. The lowest BCUT2D eigenvalue weighted by molar-refractivity contribution is -0.144. The summed E-state index contributed by atoms with van der Waals surface area (Å²) in [7, 11) is 2.11. The number of imidazole rings is 1. The minimum Gasteiger partial charge on any atom is -0.341 e. The number of piperidine rings is 1. The highest BCUT2D eigenvalue weighted by atomic mass is 16.2. The molecule has 2 fully saturated rings. The first-order valence-corrected chi connectivity index (χ1v) is 11.7. The van der Waals surface area contributed by atoms with E-state index in [0.29, 0.717) is 18.4 Å². The highest BCUT2D eigenvalue weighted by molar-refractivity contribution is 5.88. The lowest BCUT2D eigenvalue weighted by Gasteiger charge is -2.36. The number of nitrogens with one attached hydrogen (secondary N) is 1. The van der Waals surface area contributed by atoms with E-state index >= 15 is 0 Å². The van der Waals surface area contributed by atoms with Gasteiger partial charge in [-0.25, -0.2) is 4.98 Å². The molecule has 2 saturated heterocycles. The van der Waals surface area contributed by atoms with Gasteiger partial charge in [0, 0.05) is 51.5 Å². The average molecular weight is 418 g/mol. The summed E-state index contributed by atoms with van der Waals surface area (Å²) in [6, 6.07) is -0.146. The molecule has 0 radical (unpaired) electrons. The first kappa shape index (κ1) is 22.8. The number of aromatic nitrogens is 2. The zero-order chi connectivity index (χ0) is 21.7. The van der Waals surface area contributed by atoms with Gasteiger partial charge >= 0.3 is 0 Å². The number of likely N-dealkylation sites (tertiary alicyclic amines) is 1. The molecule has 2 amide bonds. The van der Waals surface area contributed by atoms with Crippen molar-refractivity contribution in [1.29, 1.82) is 0 Å². The number of carbonyl (C=O) groups excluding carboxylic acids is 2. The molecular formula is C23H39N5O2. The maximum absolute atomic E-state index is 12.8. The van der Waals surface area contributed by atoms with Crippen LogP contribution in [-0.4, -0.2) is 69.9 Å². The van der Waals surface area contributed by atoms with Crippen LogP contribution in [-0.2, 0) is 29.5 Å². The molecule has 3 rings (SSSR count). The lowest BCUT2D eigenvalue weighted by Crippen LogP contribution is -2.57. The summed E-state index contributed by atoms with van der Waals surface area (Å²) in [5.41, 5.74) is 1.30. The standard InChI is InChI=1S/C23H39N5O2/c1-5-6-19-15-25-21(26(19)4)14-18-7-10-27(11-8-18)22(29)16-28-12-9-24-20(23(28)30)13-17(2)3/h15,17-18,20,24H,5-14,16H2,1-4H3. The molecule has 1 aromatic heterocycles. The van der Waals surface area contributed by atoms with Crippen LogP contribution < -0.4 is 5.32 Å². The van der Waals surface area contributed by atoms with E-state index in [9.17, 15) is 9.59 Å². The minimum atomic E-state index is -0.146. The number of nitrogens with zero attached hydrogens (tertiary/aromatic N) is 4. The highest BCUT2D eigenvalue weighted by Gasteiger charge is 2.32.